The number of hydrogen-bond acceptors (Lipinski definition) is 4. The number of rotatable bonds is 9. The van der Waals surface area contributed by atoms with Crippen molar-refractivity contribution in [2.45, 2.75) is 31.2 Å². The fraction of sp³-hybridized carbons (Fsp3) is 0.316. The molecule has 1 amide bonds. The third-order valence-electron chi connectivity index (χ3n) is 3.91. The lowest BCUT2D eigenvalue weighted by Gasteiger charge is -2.15. The minimum absolute atomic E-state index is 0.0262. The molecule has 2 aromatic rings. The van der Waals surface area contributed by atoms with Crippen LogP contribution in [0.4, 0.5) is 4.39 Å². The molecular weight excluding hydrogens is 407 g/mol. The first-order valence-corrected chi connectivity index (χ1v) is 10.6. The lowest BCUT2D eigenvalue weighted by atomic mass is 10.1. The van der Waals surface area contributed by atoms with Gasteiger partial charge in [0.15, 0.2) is 0 Å². The van der Waals surface area contributed by atoms with E-state index in [1.165, 1.54) is 30.3 Å². The quantitative estimate of drug-likeness (QED) is 0.640. The number of carbonyl (C=O) groups excluding carboxylic acids is 1. The molecule has 0 bridgehead atoms. The molecule has 0 aliphatic rings. The summed E-state index contributed by atoms with van der Waals surface area (Å²) in [5, 5.41) is 2.69. The van der Waals surface area contributed by atoms with Crippen LogP contribution in [-0.4, -0.2) is 27.5 Å². The largest absolute Gasteiger partial charge is 0.494 e. The van der Waals surface area contributed by atoms with Gasteiger partial charge in [0, 0.05) is 13.0 Å². The molecular formula is C19H22ClFN2O4S. The van der Waals surface area contributed by atoms with Gasteiger partial charge in [0.05, 0.1) is 22.6 Å². The fourth-order valence-corrected chi connectivity index (χ4v) is 3.66. The number of ether oxygens (including phenoxy) is 1. The van der Waals surface area contributed by atoms with E-state index in [1.54, 1.807) is 19.1 Å². The molecule has 0 radical (unpaired) electrons. The summed E-state index contributed by atoms with van der Waals surface area (Å²) in [5.74, 6) is -0.300. The molecule has 152 valence electrons. The van der Waals surface area contributed by atoms with E-state index in [4.69, 9.17) is 16.3 Å². The van der Waals surface area contributed by atoms with Crippen LogP contribution in [0.1, 0.15) is 31.9 Å². The second kappa shape index (κ2) is 9.86. The molecule has 9 heteroatoms. The van der Waals surface area contributed by atoms with E-state index in [0.29, 0.717) is 17.9 Å². The summed E-state index contributed by atoms with van der Waals surface area (Å²) in [5.41, 5.74) is 0.648. The Kier molecular flexibility index (Phi) is 7.79. The maximum Gasteiger partial charge on any atom is 0.240 e. The number of sulfonamides is 1. The molecule has 28 heavy (non-hydrogen) atoms. The van der Waals surface area contributed by atoms with Crippen LogP contribution >= 0.6 is 11.6 Å². The zero-order valence-electron chi connectivity index (χ0n) is 15.5. The summed E-state index contributed by atoms with van der Waals surface area (Å²) < 4.78 is 45.4. The molecule has 6 nitrogen and oxygen atoms in total. The first kappa shape index (κ1) is 22.1. The van der Waals surface area contributed by atoms with Crippen molar-refractivity contribution in [3.05, 3.63) is 58.9 Å². The van der Waals surface area contributed by atoms with Gasteiger partial charge in [-0.15, -0.1) is 0 Å². The number of amides is 1. The van der Waals surface area contributed by atoms with Crippen LogP contribution in [0.25, 0.3) is 0 Å². The zero-order valence-corrected chi connectivity index (χ0v) is 17.1. The van der Waals surface area contributed by atoms with Gasteiger partial charge in [0.1, 0.15) is 11.6 Å². The van der Waals surface area contributed by atoms with E-state index in [9.17, 15) is 17.6 Å². The number of halogens is 2. The summed E-state index contributed by atoms with van der Waals surface area (Å²) in [6.07, 6.45) is -0.0461. The maximum atomic E-state index is 13.2. The van der Waals surface area contributed by atoms with Crippen molar-refractivity contribution in [1.82, 2.24) is 10.0 Å². The van der Waals surface area contributed by atoms with E-state index in [0.717, 1.165) is 0 Å². The van der Waals surface area contributed by atoms with Crippen LogP contribution in [0, 0.1) is 5.82 Å². The van der Waals surface area contributed by atoms with Crippen molar-refractivity contribution >= 4 is 27.5 Å². The predicted octanol–water partition coefficient (Wildman–Crippen LogP) is 3.42. The minimum atomic E-state index is -3.72. The van der Waals surface area contributed by atoms with Gasteiger partial charge in [-0.05, 0) is 55.8 Å². The van der Waals surface area contributed by atoms with Crippen molar-refractivity contribution in [2.75, 3.05) is 13.2 Å². The van der Waals surface area contributed by atoms with Crippen LogP contribution < -0.4 is 14.8 Å². The Morgan fingerprint density at radius 2 is 1.89 bits per heavy atom. The smallest absolute Gasteiger partial charge is 0.240 e. The summed E-state index contributed by atoms with van der Waals surface area (Å²) in [6.45, 7) is 3.99. The van der Waals surface area contributed by atoms with Gasteiger partial charge in [-0.1, -0.05) is 17.7 Å². The minimum Gasteiger partial charge on any atom is -0.494 e. The Balaban J connectivity index is 1.85. The summed E-state index contributed by atoms with van der Waals surface area (Å²) in [6, 6.07) is 9.82. The zero-order chi connectivity index (χ0) is 20.7. The van der Waals surface area contributed by atoms with Crippen molar-refractivity contribution in [2.24, 2.45) is 0 Å². The number of carbonyl (C=O) groups is 1. The lowest BCUT2D eigenvalue weighted by molar-refractivity contribution is -0.121. The summed E-state index contributed by atoms with van der Waals surface area (Å²) in [4.78, 5) is 12.1. The Bertz CT molecular complexity index is 920. The Labute approximate surface area is 169 Å². The lowest BCUT2D eigenvalue weighted by Crippen LogP contribution is -2.32. The van der Waals surface area contributed by atoms with Crippen LogP contribution in [-0.2, 0) is 14.8 Å². The van der Waals surface area contributed by atoms with Gasteiger partial charge in [-0.2, -0.15) is 0 Å². The molecule has 2 rings (SSSR count). The van der Waals surface area contributed by atoms with Crippen LogP contribution in [0.3, 0.4) is 0 Å². The van der Waals surface area contributed by atoms with Crippen molar-refractivity contribution in [3.8, 4) is 5.75 Å². The van der Waals surface area contributed by atoms with Gasteiger partial charge in [-0.3, -0.25) is 4.79 Å². The SMILES string of the molecule is CCOc1ccc(S(=O)(=O)NCCC(=O)NC(C)c2ccc(F)c(Cl)c2)cc1. The first-order valence-electron chi connectivity index (χ1n) is 8.69. The number of hydrogen-bond donors (Lipinski definition) is 2. The average Bonchev–Trinajstić information content (AvgIpc) is 2.64. The standard InChI is InChI=1S/C19H22ClFN2O4S/c1-3-27-15-5-7-16(8-6-15)28(25,26)22-11-10-19(24)23-13(2)14-4-9-18(21)17(20)12-14/h4-9,12-13,22H,3,10-11H2,1-2H3,(H,23,24). The fourth-order valence-electron chi connectivity index (χ4n) is 2.44. The van der Waals surface area contributed by atoms with Gasteiger partial charge < -0.3 is 10.1 Å². The third-order valence-corrected chi connectivity index (χ3v) is 5.68. The highest BCUT2D eigenvalue weighted by molar-refractivity contribution is 7.89. The molecule has 0 aliphatic carbocycles. The van der Waals surface area contributed by atoms with Crippen LogP contribution in [0.2, 0.25) is 5.02 Å². The number of benzene rings is 2. The average molecular weight is 429 g/mol. The topological polar surface area (TPSA) is 84.5 Å². The maximum absolute atomic E-state index is 13.2. The van der Waals surface area contributed by atoms with E-state index < -0.39 is 21.9 Å². The van der Waals surface area contributed by atoms with Gasteiger partial charge in [0.25, 0.3) is 0 Å². The predicted molar refractivity (Wildman–Crippen MR) is 105 cm³/mol. The second-order valence-corrected chi connectivity index (χ2v) is 8.19. The molecule has 0 aromatic heterocycles. The molecule has 1 atom stereocenters. The number of nitrogens with one attached hydrogen (secondary N) is 2. The first-order chi connectivity index (χ1) is 13.2. The van der Waals surface area contributed by atoms with E-state index >= 15 is 0 Å². The third kappa shape index (κ3) is 6.19. The van der Waals surface area contributed by atoms with Gasteiger partial charge in [-0.25, -0.2) is 17.5 Å². The molecule has 2 N–H and O–H groups in total. The Morgan fingerprint density at radius 1 is 1.21 bits per heavy atom. The monoisotopic (exact) mass is 428 g/mol. The van der Waals surface area contributed by atoms with Crippen LogP contribution in [0.15, 0.2) is 47.4 Å². The summed E-state index contributed by atoms with van der Waals surface area (Å²) in [7, 11) is -3.72. The molecule has 0 saturated heterocycles. The van der Waals surface area contributed by atoms with Crippen molar-refractivity contribution in [3.63, 3.8) is 0 Å². The molecule has 0 saturated carbocycles. The van der Waals surface area contributed by atoms with Gasteiger partial charge >= 0.3 is 0 Å². The Hall–Kier alpha value is -2.16. The molecule has 0 fully saturated rings. The van der Waals surface area contributed by atoms with E-state index in [-0.39, 0.29) is 28.8 Å². The van der Waals surface area contributed by atoms with Crippen molar-refractivity contribution in [1.29, 1.82) is 0 Å². The highest BCUT2D eigenvalue weighted by Gasteiger charge is 2.16. The normalized spacial score (nSPS) is 12.4. The summed E-state index contributed by atoms with van der Waals surface area (Å²) >= 11 is 5.74. The second-order valence-electron chi connectivity index (χ2n) is 6.01. The molecule has 1 unspecified atom stereocenters. The highest BCUT2D eigenvalue weighted by Crippen LogP contribution is 2.20. The van der Waals surface area contributed by atoms with E-state index in [1.807, 2.05) is 6.92 Å². The highest BCUT2D eigenvalue weighted by atomic mass is 35.5. The van der Waals surface area contributed by atoms with Crippen molar-refractivity contribution < 1.29 is 22.3 Å². The van der Waals surface area contributed by atoms with Crippen LogP contribution in [0.5, 0.6) is 5.75 Å². The molecule has 0 heterocycles. The molecule has 0 aliphatic heterocycles. The molecule has 2 aromatic carbocycles. The van der Waals surface area contributed by atoms with E-state index in [2.05, 4.69) is 10.0 Å². The van der Waals surface area contributed by atoms with Gasteiger partial charge in [0.2, 0.25) is 15.9 Å². The Morgan fingerprint density at radius 3 is 2.50 bits per heavy atom. The molecule has 0 spiro atoms.